The van der Waals surface area contributed by atoms with Crippen molar-refractivity contribution in [1.29, 1.82) is 0 Å². The smallest absolute Gasteiger partial charge is 0.258 e. The topological polar surface area (TPSA) is 68.9 Å². The molecule has 1 aromatic carbocycles. The number of benzene rings is 1. The molecule has 0 unspecified atom stereocenters. The van der Waals surface area contributed by atoms with Gasteiger partial charge in [0.2, 0.25) is 0 Å². The number of nitro groups is 1. The van der Waals surface area contributed by atoms with Crippen LogP contribution in [0.2, 0.25) is 0 Å². The quantitative estimate of drug-likeness (QED) is 0.316. The van der Waals surface area contributed by atoms with Gasteiger partial charge in [-0.1, -0.05) is 18.2 Å². The van der Waals surface area contributed by atoms with Gasteiger partial charge >= 0.3 is 0 Å². The zero-order valence-corrected chi connectivity index (χ0v) is 11.9. The van der Waals surface area contributed by atoms with E-state index in [-0.39, 0.29) is 10.6 Å². The Morgan fingerprint density at radius 3 is 2.95 bits per heavy atom. The van der Waals surface area contributed by atoms with Crippen molar-refractivity contribution in [2.75, 3.05) is 0 Å². The van der Waals surface area contributed by atoms with Crippen molar-refractivity contribution in [3.63, 3.8) is 0 Å². The molecular weight excluding hydrogens is 294 g/mol. The number of thiophene rings is 1. The Balaban J connectivity index is 1.87. The Morgan fingerprint density at radius 2 is 2.10 bits per heavy atom. The summed E-state index contributed by atoms with van der Waals surface area (Å²) >= 11 is 3.05. The van der Waals surface area contributed by atoms with E-state index in [1.54, 1.807) is 23.5 Å². The Morgan fingerprint density at radius 1 is 1.25 bits per heavy atom. The van der Waals surface area contributed by atoms with E-state index in [4.69, 9.17) is 0 Å². The zero-order chi connectivity index (χ0) is 13.9. The number of thioether (sulfide) groups is 1. The van der Waals surface area contributed by atoms with E-state index in [0.29, 0.717) is 11.3 Å². The van der Waals surface area contributed by atoms with Crippen LogP contribution in [-0.4, -0.2) is 14.9 Å². The first-order valence-electron chi connectivity index (χ1n) is 5.79. The second-order valence-electron chi connectivity index (χ2n) is 3.99. The zero-order valence-electron chi connectivity index (χ0n) is 10.2. The van der Waals surface area contributed by atoms with Crippen molar-refractivity contribution in [3.05, 3.63) is 57.7 Å². The standard InChI is InChI=1S/C13H9N3O2S2/c17-16(18)11-4-2-1-3-9(11)7-20-13-10-5-6-19-12(10)14-8-15-13/h1-6,8H,7H2. The van der Waals surface area contributed by atoms with E-state index < -0.39 is 0 Å². The van der Waals surface area contributed by atoms with Crippen LogP contribution in [0.4, 0.5) is 5.69 Å². The fraction of sp³-hybridized carbons (Fsp3) is 0.0769. The molecule has 0 aliphatic rings. The van der Waals surface area contributed by atoms with Gasteiger partial charge in [-0.15, -0.1) is 23.1 Å². The van der Waals surface area contributed by atoms with Crippen LogP contribution in [0.5, 0.6) is 0 Å². The highest BCUT2D eigenvalue weighted by molar-refractivity contribution is 7.98. The lowest BCUT2D eigenvalue weighted by atomic mass is 10.2. The Kier molecular flexibility index (Phi) is 3.62. The van der Waals surface area contributed by atoms with Crippen molar-refractivity contribution in [2.45, 2.75) is 10.8 Å². The van der Waals surface area contributed by atoms with E-state index >= 15 is 0 Å². The summed E-state index contributed by atoms with van der Waals surface area (Å²) in [6, 6.07) is 8.76. The van der Waals surface area contributed by atoms with Crippen LogP contribution in [0.15, 0.2) is 47.1 Å². The number of fused-ring (bicyclic) bond motifs is 1. The maximum Gasteiger partial charge on any atom is 0.273 e. The van der Waals surface area contributed by atoms with E-state index in [9.17, 15) is 10.1 Å². The van der Waals surface area contributed by atoms with Gasteiger partial charge in [-0.05, 0) is 11.4 Å². The average Bonchev–Trinajstić information content (AvgIpc) is 2.94. The predicted octanol–water partition coefficient (Wildman–Crippen LogP) is 3.89. The number of nitro benzene ring substituents is 1. The highest BCUT2D eigenvalue weighted by Crippen LogP contribution is 2.31. The number of hydrogen-bond donors (Lipinski definition) is 0. The molecule has 0 atom stereocenters. The largest absolute Gasteiger partial charge is 0.273 e. The fourth-order valence-electron chi connectivity index (χ4n) is 1.84. The Hall–Kier alpha value is -1.99. The maximum absolute atomic E-state index is 11.0. The summed E-state index contributed by atoms with van der Waals surface area (Å²) in [6.07, 6.45) is 1.53. The van der Waals surface area contributed by atoms with E-state index in [1.165, 1.54) is 24.2 Å². The normalized spacial score (nSPS) is 10.8. The first-order chi connectivity index (χ1) is 9.75. The molecule has 7 heteroatoms. The molecule has 0 fully saturated rings. The molecule has 5 nitrogen and oxygen atoms in total. The van der Waals surface area contributed by atoms with Gasteiger partial charge in [0, 0.05) is 22.8 Å². The predicted molar refractivity (Wildman–Crippen MR) is 80.1 cm³/mol. The summed E-state index contributed by atoms with van der Waals surface area (Å²) in [5, 5.41) is 14.8. The van der Waals surface area contributed by atoms with Gasteiger partial charge in [0.15, 0.2) is 0 Å². The van der Waals surface area contributed by atoms with E-state index in [2.05, 4.69) is 9.97 Å². The van der Waals surface area contributed by atoms with E-state index in [1.807, 2.05) is 17.5 Å². The fourth-order valence-corrected chi connectivity index (χ4v) is 3.61. The van der Waals surface area contributed by atoms with Gasteiger partial charge < -0.3 is 0 Å². The van der Waals surface area contributed by atoms with E-state index in [0.717, 1.165) is 15.2 Å². The lowest BCUT2D eigenvalue weighted by Gasteiger charge is -2.03. The van der Waals surface area contributed by atoms with Crippen molar-refractivity contribution >= 4 is 39.0 Å². The first kappa shape index (κ1) is 13.0. The van der Waals surface area contributed by atoms with Gasteiger partial charge in [-0.25, -0.2) is 9.97 Å². The highest BCUT2D eigenvalue weighted by atomic mass is 32.2. The van der Waals surface area contributed by atoms with Crippen LogP contribution < -0.4 is 0 Å². The lowest BCUT2D eigenvalue weighted by Crippen LogP contribution is -1.94. The minimum absolute atomic E-state index is 0.149. The highest BCUT2D eigenvalue weighted by Gasteiger charge is 2.13. The van der Waals surface area contributed by atoms with Gasteiger partial charge in [0.25, 0.3) is 5.69 Å². The van der Waals surface area contributed by atoms with Crippen LogP contribution in [0.1, 0.15) is 5.56 Å². The van der Waals surface area contributed by atoms with Crippen LogP contribution in [0.25, 0.3) is 10.2 Å². The number of aromatic nitrogens is 2. The molecule has 0 spiro atoms. The molecule has 0 bridgehead atoms. The summed E-state index contributed by atoms with van der Waals surface area (Å²) in [7, 11) is 0. The van der Waals surface area contributed by atoms with Crippen LogP contribution in [0, 0.1) is 10.1 Å². The third-order valence-corrected chi connectivity index (χ3v) is 4.65. The van der Waals surface area contributed by atoms with Crippen LogP contribution >= 0.6 is 23.1 Å². The van der Waals surface area contributed by atoms with Crippen LogP contribution in [0.3, 0.4) is 0 Å². The number of rotatable bonds is 4. The summed E-state index contributed by atoms with van der Waals surface area (Å²) in [4.78, 5) is 20.0. The molecule has 3 rings (SSSR count). The lowest BCUT2D eigenvalue weighted by molar-refractivity contribution is -0.385. The van der Waals surface area contributed by atoms with Gasteiger partial charge in [-0.2, -0.15) is 0 Å². The molecule has 0 N–H and O–H groups in total. The van der Waals surface area contributed by atoms with Crippen molar-refractivity contribution in [1.82, 2.24) is 9.97 Å². The molecule has 3 aromatic rings. The van der Waals surface area contributed by atoms with Crippen molar-refractivity contribution < 1.29 is 4.92 Å². The molecule has 0 aliphatic carbocycles. The number of nitrogens with zero attached hydrogens (tertiary/aromatic N) is 3. The molecule has 100 valence electrons. The molecule has 0 radical (unpaired) electrons. The number of hydrogen-bond acceptors (Lipinski definition) is 6. The Labute approximate surface area is 122 Å². The molecule has 20 heavy (non-hydrogen) atoms. The molecule has 2 aromatic heterocycles. The molecule has 0 amide bonds. The van der Waals surface area contributed by atoms with Gasteiger partial charge in [0.05, 0.1) is 4.92 Å². The third-order valence-electron chi connectivity index (χ3n) is 2.78. The molecule has 0 aliphatic heterocycles. The monoisotopic (exact) mass is 303 g/mol. The Bertz CT molecular complexity index is 773. The average molecular weight is 303 g/mol. The molecule has 2 heterocycles. The third kappa shape index (κ3) is 2.50. The SMILES string of the molecule is O=[N+]([O-])c1ccccc1CSc1ncnc2sccc12. The summed E-state index contributed by atoms with van der Waals surface area (Å²) in [5.41, 5.74) is 0.847. The minimum atomic E-state index is -0.351. The number of para-hydroxylation sites is 1. The van der Waals surface area contributed by atoms with Crippen molar-refractivity contribution in [2.24, 2.45) is 0 Å². The first-order valence-corrected chi connectivity index (χ1v) is 7.65. The summed E-state index contributed by atoms with van der Waals surface area (Å²) in [6.45, 7) is 0. The molecular formula is C13H9N3O2S2. The minimum Gasteiger partial charge on any atom is -0.258 e. The van der Waals surface area contributed by atoms with Crippen LogP contribution in [-0.2, 0) is 5.75 Å². The molecule has 0 saturated heterocycles. The molecule has 0 saturated carbocycles. The summed E-state index contributed by atoms with van der Waals surface area (Å²) in [5.74, 6) is 0.513. The second-order valence-corrected chi connectivity index (χ2v) is 5.85. The van der Waals surface area contributed by atoms with Gasteiger partial charge in [-0.3, -0.25) is 10.1 Å². The second kappa shape index (κ2) is 5.56. The summed E-state index contributed by atoms with van der Waals surface area (Å²) < 4.78 is 0. The van der Waals surface area contributed by atoms with Gasteiger partial charge in [0.1, 0.15) is 16.2 Å². The van der Waals surface area contributed by atoms with Crippen molar-refractivity contribution in [3.8, 4) is 0 Å². The maximum atomic E-state index is 11.0.